The monoisotopic (exact) mass is 183 g/mol. The van der Waals surface area contributed by atoms with Crippen LogP contribution in [-0.2, 0) is 0 Å². The average molecular weight is 183 g/mol. The van der Waals surface area contributed by atoms with Crippen LogP contribution in [0.25, 0.3) is 0 Å². The molecular formula is C12H25N. The molecule has 0 radical (unpaired) electrons. The summed E-state index contributed by atoms with van der Waals surface area (Å²) in [6, 6.07) is 0. The molecule has 0 amide bonds. The topological polar surface area (TPSA) is 12.0 Å². The first-order valence-corrected chi connectivity index (χ1v) is 5.38. The molecule has 0 aromatic rings. The third-order valence-corrected chi connectivity index (χ3v) is 2.07. The van der Waals surface area contributed by atoms with Crippen LogP contribution in [0.1, 0.15) is 46.5 Å². The molecule has 0 aliphatic rings. The maximum Gasteiger partial charge on any atom is 0.0132 e. The van der Waals surface area contributed by atoms with E-state index in [4.69, 9.17) is 0 Å². The Morgan fingerprint density at radius 2 is 1.85 bits per heavy atom. The van der Waals surface area contributed by atoms with E-state index in [-0.39, 0.29) is 0 Å². The number of nitrogens with one attached hydrogen (secondary N) is 1. The Kier molecular flexibility index (Phi) is 6.97. The Morgan fingerprint density at radius 3 is 2.38 bits per heavy atom. The minimum Gasteiger partial charge on any atom is -0.313 e. The Morgan fingerprint density at radius 1 is 1.15 bits per heavy atom. The quantitative estimate of drug-likeness (QED) is 0.471. The van der Waals surface area contributed by atoms with Gasteiger partial charge < -0.3 is 5.32 Å². The van der Waals surface area contributed by atoms with E-state index in [1.165, 1.54) is 25.7 Å². The summed E-state index contributed by atoms with van der Waals surface area (Å²) in [7, 11) is 0. The number of hydrogen-bond donors (Lipinski definition) is 1. The van der Waals surface area contributed by atoms with E-state index in [0.717, 1.165) is 13.1 Å². The number of rotatable bonds is 7. The highest BCUT2D eigenvalue weighted by Gasteiger charge is 2.08. The molecule has 0 bridgehead atoms. The summed E-state index contributed by atoms with van der Waals surface area (Å²) >= 11 is 0. The van der Waals surface area contributed by atoms with Crippen LogP contribution >= 0.6 is 0 Å². The standard InChI is InChI=1S/C12H25N/c1-5-10-13-11-8-6-7-9-12(2,3)4/h5,13H,1,6-11H2,2-4H3. The molecule has 0 spiro atoms. The van der Waals surface area contributed by atoms with Crippen molar-refractivity contribution in [3.63, 3.8) is 0 Å². The van der Waals surface area contributed by atoms with Crippen LogP contribution < -0.4 is 5.32 Å². The zero-order valence-electron chi connectivity index (χ0n) is 9.53. The predicted octanol–water partition coefficient (Wildman–Crippen LogP) is 3.37. The van der Waals surface area contributed by atoms with Gasteiger partial charge in [0, 0.05) is 6.54 Å². The summed E-state index contributed by atoms with van der Waals surface area (Å²) < 4.78 is 0. The normalized spacial score (nSPS) is 11.6. The molecule has 0 aliphatic carbocycles. The van der Waals surface area contributed by atoms with Gasteiger partial charge in [-0.15, -0.1) is 6.58 Å². The molecule has 1 nitrogen and oxygen atoms in total. The van der Waals surface area contributed by atoms with Crippen molar-refractivity contribution in [2.45, 2.75) is 46.5 Å². The summed E-state index contributed by atoms with van der Waals surface area (Å²) in [4.78, 5) is 0. The van der Waals surface area contributed by atoms with Crippen LogP contribution in [0.4, 0.5) is 0 Å². The predicted molar refractivity (Wildman–Crippen MR) is 61.0 cm³/mol. The van der Waals surface area contributed by atoms with Crippen LogP contribution in [0.2, 0.25) is 0 Å². The van der Waals surface area contributed by atoms with Crippen molar-refractivity contribution in [3.05, 3.63) is 12.7 Å². The van der Waals surface area contributed by atoms with Gasteiger partial charge in [-0.3, -0.25) is 0 Å². The SMILES string of the molecule is C=CCNCCCCCC(C)(C)C. The van der Waals surface area contributed by atoms with Gasteiger partial charge in [-0.05, 0) is 24.8 Å². The maximum absolute atomic E-state index is 3.66. The highest BCUT2D eigenvalue weighted by atomic mass is 14.8. The second kappa shape index (κ2) is 7.14. The van der Waals surface area contributed by atoms with Crippen molar-refractivity contribution in [2.24, 2.45) is 5.41 Å². The summed E-state index contributed by atoms with van der Waals surface area (Å²) in [5, 5.41) is 3.31. The van der Waals surface area contributed by atoms with Gasteiger partial charge in [0.1, 0.15) is 0 Å². The van der Waals surface area contributed by atoms with Gasteiger partial charge in [-0.2, -0.15) is 0 Å². The van der Waals surface area contributed by atoms with E-state index in [0.29, 0.717) is 5.41 Å². The number of unbranched alkanes of at least 4 members (excludes halogenated alkanes) is 2. The third kappa shape index (κ3) is 11.7. The Hall–Kier alpha value is -0.300. The minimum atomic E-state index is 0.508. The molecular weight excluding hydrogens is 158 g/mol. The Balaban J connectivity index is 3.04. The third-order valence-electron chi connectivity index (χ3n) is 2.07. The molecule has 0 unspecified atom stereocenters. The Labute approximate surface area is 83.6 Å². The molecule has 1 N–H and O–H groups in total. The van der Waals surface area contributed by atoms with Gasteiger partial charge >= 0.3 is 0 Å². The van der Waals surface area contributed by atoms with Crippen LogP contribution in [-0.4, -0.2) is 13.1 Å². The molecule has 0 rings (SSSR count). The lowest BCUT2D eigenvalue weighted by Crippen LogP contribution is -2.14. The van der Waals surface area contributed by atoms with E-state index >= 15 is 0 Å². The van der Waals surface area contributed by atoms with Crippen molar-refractivity contribution in [1.82, 2.24) is 5.32 Å². The summed E-state index contributed by atoms with van der Waals surface area (Å²) in [5.74, 6) is 0. The van der Waals surface area contributed by atoms with Crippen molar-refractivity contribution in [1.29, 1.82) is 0 Å². The zero-order valence-corrected chi connectivity index (χ0v) is 9.53. The first kappa shape index (κ1) is 12.7. The summed E-state index contributed by atoms with van der Waals surface area (Å²) in [6.45, 7) is 12.7. The summed E-state index contributed by atoms with van der Waals surface area (Å²) in [6.07, 6.45) is 7.26. The minimum absolute atomic E-state index is 0.508. The van der Waals surface area contributed by atoms with Crippen molar-refractivity contribution in [2.75, 3.05) is 13.1 Å². The average Bonchev–Trinajstić information content (AvgIpc) is 2.01. The second-order valence-electron chi connectivity index (χ2n) is 4.86. The lowest BCUT2D eigenvalue weighted by molar-refractivity contribution is 0.357. The fourth-order valence-electron chi connectivity index (χ4n) is 1.29. The zero-order chi connectivity index (χ0) is 10.2. The highest BCUT2D eigenvalue weighted by molar-refractivity contribution is 4.69. The molecule has 0 atom stereocenters. The smallest absolute Gasteiger partial charge is 0.0132 e. The van der Waals surface area contributed by atoms with Gasteiger partial charge in [0.05, 0.1) is 0 Å². The van der Waals surface area contributed by atoms with Gasteiger partial charge in [-0.1, -0.05) is 39.7 Å². The van der Waals surface area contributed by atoms with E-state index < -0.39 is 0 Å². The highest BCUT2D eigenvalue weighted by Crippen LogP contribution is 2.21. The van der Waals surface area contributed by atoms with E-state index in [9.17, 15) is 0 Å². The van der Waals surface area contributed by atoms with E-state index in [1.807, 2.05) is 6.08 Å². The first-order valence-electron chi connectivity index (χ1n) is 5.38. The fraction of sp³-hybridized carbons (Fsp3) is 0.833. The molecule has 0 saturated carbocycles. The van der Waals surface area contributed by atoms with E-state index in [2.05, 4.69) is 32.7 Å². The molecule has 0 fully saturated rings. The van der Waals surface area contributed by atoms with Crippen molar-refractivity contribution < 1.29 is 0 Å². The van der Waals surface area contributed by atoms with Crippen molar-refractivity contribution >= 4 is 0 Å². The fourth-order valence-corrected chi connectivity index (χ4v) is 1.29. The molecule has 78 valence electrons. The first-order chi connectivity index (χ1) is 6.06. The van der Waals surface area contributed by atoms with Crippen LogP contribution in [0.5, 0.6) is 0 Å². The molecule has 13 heavy (non-hydrogen) atoms. The number of hydrogen-bond acceptors (Lipinski definition) is 1. The molecule has 0 heterocycles. The second-order valence-corrected chi connectivity index (χ2v) is 4.86. The summed E-state index contributed by atoms with van der Waals surface area (Å²) in [5.41, 5.74) is 0.508. The van der Waals surface area contributed by atoms with E-state index in [1.54, 1.807) is 0 Å². The lowest BCUT2D eigenvalue weighted by Gasteiger charge is -2.17. The molecule has 0 aromatic carbocycles. The van der Waals surface area contributed by atoms with Gasteiger partial charge in [0.2, 0.25) is 0 Å². The van der Waals surface area contributed by atoms with Crippen LogP contribution in [0, 0.1) is 5.41 Å². The van der Waals surface area contributed by atoms with Crippen LogP contribution in [0.3, 0.4) is 0 Å². The van der Waals surface area contributed by atoms with Gasteiger partial charge in [0.15, 0.2) is 0 Å². The lowest BCUT2D eigenvalue weighted by atomic mass is 9.89. The molecule has 0 aromatic heterocycles. The van der Waals surface area contributed by atoms with Crippen molar-refractivity contribution in [3.8, 4) is 0 Å². The molecule has 1 heteroatoms. The van der Waals surface area contributed by atoms with Gasteiger partial charge in [-0.25, -0.2) is 0 Å². The Bertz CT molecular complexity index is 122. The maximum atomic E-state index is 3.66. The molecule has 0 aliphatic heterocycles. The van der Waals surface area contributed by atoms with Crippen LogP contribution in [0.15, 0.2) is 12.7 Å². The largest absolute Gasteiger partial charge is 0.313 e. The molecule has 0 saturated heterocycles. The van der Waals surface area contributed by atoms with Gasteiger partial charge in [0.25, 0.3) is 0 Å².